The number of aryl methyl sites for hydroxylation is 2. The zero-order valence-electron chi connectivity index (χ0n) is 12.6. The average Bonchev–Trinajstić information content (AvgIpc) is 3.02. The first-order valence-corrected chi connectivity index (χ1v) is 7.05. The number of aromatic nitrogens is 3. The minimum Gasteiger partial charge on any atom is -0.363 e. The van der Waals surface area contributed by atoms with Gasteiger partial charge in [0.25, 0.3) is 5.91 Å². The Labute approximate surface area is 123 Å². The van der Waals surface area contributed by atoms with Gasteiger partial charge in [0.15, 0.2) is 0 Å². The Morgan fingerprint density at radius 1 is 1.33 bits per heavy atom. The third-order valence-corrected chi connectivity index (χ3v) is 3.77. The fraction of sp³-hybridized carbons (Fsp3) is 0.400. The highest BCUT2D eigenvalue weighted by atomic mass is 16.1. The van der Waals surface area contributed by atoms with Gasteiger partial charge in [0, 0.05) is 32.9 Å². The number of carbonyl (C=O) groups is 1. The molecule has 0 bridgehead atoms. The van der Waals surface area contributed by atoms with Crippen molar-refractivity contribution in [3.8, 4) is 0 Å². The number of pyridine rings is 1. The number of hydrogen-bond donors (Lipinski definition) is 1. The Bertz CT molecular complexity index is 672. The molecule has 0 unspecified atom stereocenters. The molecule has 2 heterocycles. The molecule has 21 heavy (non-hydrogen) atoms. The lowest BCUT2D eigenvalue weighted by atomic mass is 10.2. The fourth-order valence-electron chi connectivity index (χ4n) is 2.64. The van der Waals surface area contributed by atoms with E-state index in [1.165, 1.54) is 5.56 Å². The highest BCUT2D eigenvalue weighted by Crippen LogP contribution is 2.28. The van der Waals surface area contributed by atoms with Gasteiger partial charge in [-0.3, -0.25) is 9.48 Å². The number of anilines is 2. The van der Waals surface area contributed by atoms with Crippen LogP contribution in [0, 0.1) is 0 Å². The molecule has 1 N–H and O–H groups in total. The van der Waals surface area contributed by atoms with E-state index in [0.717, 1.165) is 36.6 Å². The molecule has 1 aliphatic rings. The van der Waals surface area contributed by atoms with Crippen LogP contribution in [0.15, 0.2) is 18.3 Å². The molecule has 2 aromatic heterocycles. The molecule has 0 radical (unpaired) electrons. The van der Waals surface area contributed by atoms with Gasteiger partial charge in [-0.1, -0.05) is 0 Å². The molecule has 110 valence electrons. The zero-order valence-corrected chi connectivity index (χ0v) is 12.6. The van der Waals surface area contributed by atoms with E-state index in [-0.39, 0.29) is 5.91 Å². The first kappa shape index (κ1) is 13.6. The first-order valence-electron chi connectivity index (χ1n) is 7.05. The van der Waals surface area contributed by atoms with E-state index >= 15 is 0 Å². The summed E-state index contributed by atoms with van der Waals surface area (Å²) in [5.41, 5.74) is 2.83. The van der Waals surface area contributed by atoms with Gasteiger partial charge < -0.3 is 10.2 Å². The predicted molar refractivity (Wildman–Crippen MR) is 81.8 cm³/mol. The van der Waals surface area contributed by atoms with Crippen LogP contribution in [0.4, 0.5) is 11.6 Å². The Kier molecular flexibility index (Phi) is 3.37. The summed E-state index contributed by atoms with van der Waals surface area (Å²) in [7, 11) is 5.70. The highest BCUT2D eigenvalue weighted by Gasteiger charge is 2.22. The molecule has 0 fully saturated rings. The number of nitrogens with zero attached hydrogens (tertiary/aromatic N) is 4. The summed E-state index contributed by atoms with van der Waals surface area (Å²) in [6.07, 6.45) is 4.69. The summed E-state index contributed by atoms with van der Waals surface area (Å²) >= 11 is 0. The third kappa shape index (κ3) is 2.49. The molecule has 1 amide bonds. The Morgan fingerprint density at radius 2 is 2.14 bits per heavy atom. The van der Waals surface area contributed by atoms with Crippen LogP contribution >= 0.6 is 0 Å². The minimum atomic E-state index is -0.148. The quantitative estimate of drug-likeness (QED) is 0.931. The van der Waals surface area contributed by atoms with E-state index in [4.69, 9.17) is 0 Å². The molecule has 3 rings (SSSR count). The molecular weight excluding hydrogens is 266 g/mol. The van der Waals surface area contributed by atoms with E-state index < -0.39 is 0 Å². The van der Waals surface area contributed by atoms with Gasteiger partial charge in [-0.15, -0.1) is 0 Å². The smallest absolute Gasteiger partial charge is 0.258 e. The molecule has 2 aromatic rings. The van der Waals surface area contributed by atoms with E-state index in [9.17, 15) is 4.79 Å². The SMILES string of the molecule is CN(C)c1ccc(C(=O)Nc2c3c(nn2C)CCC3)cn1. The molecule has 0 spiro atoms. The zero-order chi connectivity index (χ0) is 15.0. The molecular formula is C15H19N5O. The second kappa shape index (κ2) is 5.20. The maximum absolute atomic E-state index is 12.3. The van der Waals surface area contributed by atoms with E-state index in [2.05, 4.69) is 15.4 Å². The lowest BCUT2D eigenvalue weighted by molar-refractivity contribution is 0.102. The molecule has 0 atom stereocenters. The largest absolute Gasteiger partial charge is 0.363 e. The minimum absolute atomic E-state index is 0.148. The first-order chi connectivity index (χ1) is 10.1. The lowest BCUT2D eigenvalue weighted by Crippen LogP contribution is -2.17. The summed E-state index contributed by atoms with van der Waals surface area (Å²) in [4.78, 5) is 18.5. The maximum atomic E-state index is 12.3. The van der Waals surface area contributed by atoms with Crippen LogP contribution in [-0.2, 0) is 19.9 Å². The fourth-order valence-corrected chi connectivity index (χ4v) is 2.64. The van der Waals surface area contributed by atoms with Gasteiger partial charge >= 0.3 is 0 Å². The van der Waals surface area contributed by atoms with Crippen molar-refractivity contribution in [3.05, 3.63) is 35.2 Å². The summed E-state index contributed by atoms with van der Waals surface area (Å²) in [5, 5.41) is 7.42. The number of amides is 1. The van der Waals surface area contributed by atoms with Crippen LogP contribution < -0.4 is 10.2 Å². The van der Waals surface area contributed by atoms with Crippen LogP contribution in [0.3, 0.4) is 0 Å². The topological polar surface area (TPSA) is 63.1 Å². The summed E-state index contributed by atoms with van der Waals surface area (Å²) in [6, 6.07) is 3.62. The van der Waals surface area contributed by atoms with Crippen LogP contribution in [0.2, 0.25) is 0 Å². The Hall–Kier alpha value is -2.37. The van der Waals surface area contributed by atoms with Crippen molar-refractivity contribution >= 4 is 17.5 Å². The van der Waals surface area contributed by atoms with Gasteiger partial charge in [-0.05, 0) is 31.4 Å². The van der Waals surface area contributed by atoms with Crippen molar-refractivity contribution < 1.29 is 4.79 Å². The van der Waals surface area contributed by atoms with Gasteiger partial charge in [0.2, 0.25) is 0 Å². The molecule has 0 aromatic carbocycles. The highest BCUT2D eigenvalue weighted by molar-refractivity contribution is 6.04. The molecule has 6 nitrogen and oxygen atoms in total. The lowest BCUT2D eigenvalue weighted by Gasteiger charge is -2.11. The molecule has 6 heteroatoms. The molecule has 0 saturated carbocycles. The normalized spacial score (nSPS) is 13.1. The standard InChI is InChI=1S/C15H19N5O/c1-19(2)13-8-7-10(9-16-13)15(21)17-14-11-5-4-6-12(11)18-20(14)3/h7-9H,4-6H2,1-3H3,(H,17,21). The third-order valence-electron chi connectivity index (χ3n) is 3.77. The summed E-state index contributed by atoms with van der Waals surface area (Å²) in [5.74, 6) is 1.49. The monoisotopic (exact) mass is 285 g/mol. The Morgan fingerprint density at radius 3 is 2.81 bits per heavy atom. The van der Waals surface area contributed by atoms with Crippen LogP contribution in [0.1, 0.15) is 28.0 Å². The van der Waals surface area contributed by atoms with Crippen molar-refractivity contribution in [2.24, 2.45) is 7.05 Å². The molecule has 0 saturated heterocycles. The van der Waals surface area contributed by atoms with Crippen LogP contribution in [0.25, 0.3) is 0 Å². The van der Waals surface area contributed by atoms with Gasteiger partial charge in [0.05, 0.1) is 11.3 Å². The summed E-state index contributed by atoms with van der Waals surface area (Å²) < 4.78 is 1.75. The van der Waals surface area contributed by atoms with Crippen molar-refractivity contribution in [1.82, 2.24) is 14.8 Å². The summed E-state index contributed by atoms with van der Waals surface area (Å²) in [6.45, 7) is 0. The Balaban J connectivity index is 1.80. The molecule has 1 aliphatic carbocycles. The van der Waals surface area contributed by atoms with Crippen molar-refractivity contribution in [2.45, 2.75) is 19.3 Å². The average molecular weight is 285 g/mol. The van der Waals surface area contributed by atoms with Gasteiger partial charge in [0.1, 0.15) is 11.6 Å². The number of hydrogen-bond acceptors (Lipinski definition) is 4. The second-order valence-electron chi connectivity index (χ2n) is 5.50. The molecule has 0 aliphatic heterocycles. The van der Waals surface area contributed by atoms with Crippen LogP contribution in [0.5, 0.6) is 0 Å². The van der Waals surface area contributed by atoms with Crippen molar-refractivity contribution in [1.29, 1.82) is 0 Å². The number of nitrogens with one attached hydrogen (secondary N) is 1. The van der Waals surface area contributed by atoms with E-state index in [1.54, 1.807) is 16.9 Å². The van der Waals surface area contributed by atoms with Crippen LogP contribution in [-0.4, -0.2) is 34.8 Å². The number of rotatable bonds is 3. The van der Waals surface area contributed by atoms with E-state index in [0.29, 0.717) is 5.56 Å². The number of carbonyl (C=O) groups excluding carboxylic acids is 1. The predicted octanol–water partition coefficient (Wildman–Crippen LogP) is 1.62. The second-order valence-corrected chi connectivity index (χ2v) is 5.50. The van der Waals surface area contributed by atoms with E-state index in [1.807, 2.05) is 32.1 Å². The van der Waals surface area contributed by atoms with Gasteiger partial charge in [-0.2, -0.15) is 5.10 Å². The van der Waals surface area contributed by atoms with Crippen molar-refractivity contribution in [2.75, 3.05) is 24.3 Å². The van der Waals surface area contributed by atoms with Gasteiger partial charge in [-0.25, -0.2) is 4.98 Å². The number of fused-ring (bicyclic) bond motifs is 1. The van der Waals surface area contributed by atoms with Crippen molar-refractivity contribution in [3.63, 3.8) is 0 Å². The maximum Gasteiger partial charge on any atom is 0.258 e.